The van der Waals surface area contributed by atoms with Gasteiger partial charge in [0.05, 0.1) is 17.6 Å². The van der Waals surface area contributed by atoms with Gasteiger partial charge in [-0.15, -0.1) is 0 Å². The summed E-state index contributed by atoms with van der Waals surface area (Å²) in [4.78, 5) is 0. The van der Waals surface area contributed by atoms with Crippen LogP contribution in [0.25, 0.3) is 0 Å². The summed E-state index contributed by atoms with van der Waals surface area (Å²) >= 11 is 0. The molecule has 1 aliphatic carbocycles. The van der Waals surface area contributed by atoms with E-state index in [-0.39, 0.29) is 5.25 Å². The molecule has 0 amide bonds. The monoisotopic (exact) mass is 366 g/mol. The standard InChI is InChI=1S/C21H34O3S/c22-25(23,21-16-10-7-11-17-21)19-13-5-3-1-2-4-12-18-24-20-14-8-6-9-15-20/h6,8-9,14-15,21H,1-5,7,10-13,16-19H2. The van der Waals surface area contributed by atoms with Crippen molar-refractivity contribution in [1.82, 2.24) is 0 Å². The van der Waals surface area contributed by atoms with E-state index in [0.29, 0.717) is 5.75 Å². The van der Waals surface area contributed by atoms with Crippen molar-refractivity contribution in [3.8, 4) is 5.75 Å². The van der Waals surface area contributed by atoms with E-state index < -0.39 is 9.84 Å². The van der Waals surface area contributed by atoms with Gasteiger partial charge in [0, 0.05) is 0 Å². The van der Waals surface area contributed by atoms with E-state index in [2.05, 4.69) is 0 Å². The number of benzene rings is 1. The second kappa shape index (κ2) is 11.6. The molecule has 1 saturated carbocycles. The molecule has 0 unspecified atom stereocenters. The van der Waals surface area contributed by atoms with Crippen molar-refractivity contribution < 1.29 is 13.2 Å². The third kappa shape index (κ3) is 8.26. The van der Waals surface area contributed by atoms with E-state index in [1.54, 1.807) is 0 Å². The molecule has 1 aromatic rings. The van der Waals surface area contributed by atoms with Crippen molar-refractivity contribution in [2.45, 2.75) is 82.3 Å². The highest BCUT2D eigenvalue weighted by Crippen LogP contribution is 2.25. The summed E-state index contributed by atoms with van der Waals surface area (Å²) in [6, 6.07) is 9.95. The molecule has 1 aliphatic rings. The van der Waals surface area contributed by atoms with Gasteiger partial charge in [0.2, 0.25) is 0 Å². The van der Waals surface area contributed by atoms with Crippen molar-refractivity contribution in [1.29, 1.82) is 0 Å². The lowest BCUT2D eigenvalue weighted by Crippen LogP contribution is -2.26. The molecule has 0 radical (unpaired) electrons. The molecule has 0 heterocycles. The Balaban J connectivity index is 1.42. The molecule has 0 atom stereocenters. The molecule has 4 heteroatoms. The quantitative estimate of drug-likeness (QED) is 0.456. The molecule has 0 bridgehead atoms. The predicted molar refractivity (Wildman–Crippen MR) is 105 cm³/mol. The Morgan fingerprint density at radius 1 is 0.800 bits per heavy atom. The number of ether oxygens (including phenoxy) is 1. The number of hydrogen-bond donors (Lipinski definition) is 0. The van der Waals surface area contributed by atoms with E-state index in [4.69, 9.17) is 4.74 Å². The van der Waals surface area contributed by atoms with Crippen molar-refractivity contribution in [3.63, 3.8) is 0 Å². The Hall–Kier alpha value is -1.03. The molecule has 0 aromatic heterocycles. The SMILES string of the molecule is O=S(=O)(CCCCCCCCCOc1ccccc1)C1CCCCC1. The molecule has 1 fully saturated rings. The Bertz CT molecular complexity index is 548. The van der Waals surface area contributed by atoms with Crippen molar-refractivity contribution in [2.75, 3.05) is 12.4 Å². The maximum atomic E-state index is 12.3. The van der Waals surface area contributed by atoms with Crippen LogP contribution in [0.1, 0.15) is 77.0 Å². The van der Waals surface area contributed by atoms with Crippen LogP contribution in [0.15, 0.2) is 30.3 Å². The van der Waals surface area contributed by atoms with Crippen LogP contribution < -0.4 is 4.74 Å². The molecule has 3 nitrogen and oxygen atoms in total. The highest BCUT2D eigenvalue weighted by molar-refractivity contribution is 7.92. The average molecular weight is 367 g/mol. The Morgan fingerprint density at radius 2 is 1.40 bits per heavy atom. The summed E-state index contributed by atoms with van der Waals surface area (Å²) in [6.45, 7) is 0.781. The van der Waals surface area contributed by atoms with Gasteiger partial charge in [-0.2, -0.15) is 0 Å². The number of para-hydroxylation sites is 1. The lowest BCUT2D eigenvalue weighted by atomic mass is 10.0. The van der Waals surface area contributed by atoms with Gasteiger partial charge in [-0.1, -0.05) is 69.6 Å². The minimum Gasteiger partial charge on any atom is -0.494 e. The first-order valence-electron chi connectivity index (χ1n) is 10.1. The van der Waals surface area contributed by atoms with E-state index in [1.807, 2.05) is 30.3 Å². The third-order valence-corrected chi connectivity index (χ3v) is 7.49. The number of rotatable bonds is 12. The molecule has 0 saturated heterocycles. The first-order chi connectivity index (χ1) is 12.2. The van der Waals surface area contributed by atoms with Crippen LogP contribution in [0.2, 0.25) is 0 Å². The number of unbranched alkanes of at least 4 members (excludes halogenated alkanes) is 6. The van der Waals surface area contributed by atoms with Gasteiger partial charge in [-0.3, -0.25) is 0 Å². The Labute approximate surface area is 154 Å². The summed E-state index contributed by atoms with van der Waals surface area (Å²) in [6.07, 6.45) is 12.9. The van der Waals surface area contributed by atoms with Crippen LogP contribution in [-0.2, 0) is 9.84 Å². The molecule has 142 valence electrons. The summed E-state index contributed by atoms with van der Waals surface area (Å²) in [5.41, 5.74) is 0. The zero-order valence-corrected chi connectivity index (χ0v) is 16.3. The largest absolute Gasteiger partial charge is 0.494 e. The van der Waals surface area contributed by atoms with Crippen LogP contribution in [-0.4, -0.2) is 26.0 Å². The second-order valence-electron chi connectivity index (χ2n) is 7.26. The van der Waals surface area contributed by atoms with Gasteiger partial charge in [-0.25, -0.2) is 8.42 Å². The molecular weight excluding hydrogens is 332 g/mol. The summed E-state index contributed by atoms with van der Waals surface area (Å²) in [5, 5.41) is -0.0362. The fourth-order valence-corrected chi connectivity index (χ4v) is 5.58. The maximum Gasteiger partial charge on any atom is 0.153 e. The fraction of sp³-hybridized carbons (Fsp3) is 0.714. The van der Waals surface area contributed by atoms with E-state index >= 15 is 0 Å². The minimum atomic E-state index is -2.83. The van der Waals surface area contributed by atoms with Crippen LogP contribution in [0.5, 0.6) is 5.75 Å². The molecule has 1 aromatic carbocycles. The second-order valence-corrected chi connectivity index (χ2v) is 9.66. The van der Waals surface area contributed by atoms with Gasteiger partial charge >= 0.3 is 0 Å². The van der Waals surface area contributed by atoms with Gasteiger partial charge in [-0.05, 0) is 37.8 Å². The zero-order chi connectivity index (χ0) is 17.8. The van der Waals surface area contributed by atoms with Gasteiger partial charge < -0.3 is 4.74 Å². The molecule has 25 heavy (non-hydrogen) atoms. The van der Waals surface area contributed by atoms with Gasteiger partial charge in [0.15, 0.2) is 9.84 Å². The van der Waals surface area contributed by atoms with E-state index in [1.165, 1.54) is 25.7 Å². The van der Waals surface area contributed by atoms with Crippen molar-refractivity contribution >= 4 is 9.84 Å². The lowest BCUT2D eigenvalue weighted by Gasteiger charge is -2.21. The topological polar surface area (TPSA) is 43.4 Å². The van der Waals surface area contributed by atoms with Crippen molar-refractivity contribution in [2.24, 2.45) is 0 Å². The molecule has 0 spiro atoms. The molecule has 2 rings (SSSR count). The van der Waals surface area contributed by atoms with Crippen LogP contribution in [0.3, 0.4) is 0 Å². The summed E-state index contributed by atoms with van der Waals surface area (Å²) < 4.78 is 30.3. The zero-order valence-electron chi connectivity index (χ0n) is 15.5. The first kappa shape index (κ1) is 20.3. The number of hydrogen-bond acceptors (Lipinski definition) is 3. The Morgan fingerprint density at radius 3 is 2.08 bits per heavy atom. The average Bonchev–Trinajstić information content (AvgIpc) is 2.65. The van der Waals surface area contributed by atoms with E-state index in [9.17, 15) is 8.42 Å². The number of sulfone groups is 1. The van der Waals surface area contributed by atoms with Gasteiger partial charge in [0.25, 0.3) is 0 Å². The lowest BCUT2D eigenvalue weighted by molar-refractivity contribution is 0.304. The Kier molecular flexibility index (Phi) is 9.38. The molecule has 0 N–H and O–H groups in total. The smallest absolute Gasteiger partial charge is 0.153 e. The maximum absolute atomic E-state index is 12.3. The summed E-state index contributed by atoms with van der Waals surface area (Å²) in [7, 11) is -2.83. The van der Waals surface area contributed by atoms with Crippen LogP contribution in [0.4, 0.5) is 0 Å². The highest BCUT2D eigenvalue weighted by atomic mass is 32.2. The van der Waals surface area contributed by atoms with Crippen LogP contribution in [0, 0.1) is 0 Å². The normalized spacial score (nSPS) is 16.0. The third-order valence-electron chi connectivity index (χ3n) is 5.15. The van der Waals surface area contributed by atoms with Crippen LogP contribution >= 0.6 is 0 Å². The van der Waals surface area contributed by atoms with E-state index in [0.717, 1.165) is 63.7 Å². The van der Waals surface area contributed by atoms with Gasteiger partial charge in [0.1, 0.15) is 5.75 Å². The predicted octanol–water partition coefficient (Wildman–Crippen LogP) is 5.54. The minimum absolute atomic E-state index is 0.0362. The first-order valence-corrected chi connectivity index (χ1v) is 11.8. The fourth-order valence-electron chi connectivity index (χ4n) is 3.59. The van der Waals surface area contributed by atoms with Crippen molar-refractivity contribution in [3.05, 3.63) is 30.3 Å². The molecule has 0 aliphatic heterocycles. The summed E-state index contributed by atoms with van der Waals surface area (Å²) in [5.74, 6) is 1.35. The molecular formula is C21H34O3S. The highest BCUT2D eigenvalue weighted by Gasteiger charge is 2.26.